The third-order valence-electron chi connectivity index (χ3n) is 3.93. The van der Waals surface area contributed by atoms with Crippen LogP contribution in [0.1, 0.15) is 17.5 Å². The molecule has 0 aromatic heterocycles. The number of carbonyl (C=O) groups excluding carboxylic acids is 2. The fourth-order valence-corrected chi connectivity index (χ4v) is 3.40. The van der Waals surface area contributed by atoms with Gasteiger partial charge in [0, 0.05) is 6.42 Å². The molecular weight excluding hydrogens is 354 g/mol. The van der Waals surface area contributed by atoms with Crippen LogP contribution in [0.4, 0.5) is 0 Å². The molecule has 0 N–H and O–H groups in total. The van der Waals surface area contributed by atoms with Gasteiger partial charge in [-0.1, -0.05) is 60.7 Å². The summed E-state index contributed by atoms with van der Waals surface area (Å²) in [5.74, 6) is -1.93. The highest BCUT2D eigenvalue weighted by atomic mass is 32.2. The summed E-state index contributed by atoms with van der Waals surface area (Å²) in [4.78, 5) is 24.4. The first kappa shape index (κ1) is 18.0. The van der Waals surface area contributed by atoms with Gasteiger partial charge in [-0.25, -0.2) is 0 Å². The van der Waals surface area contributed by atoms with E-state index >= 15 is 0 Å². The molecule has 0 bridgehead atoms. The van der Waals surface area contributed by atoms with Crippen molar-refractivity contribution in [2.45, 2.75) is 12.8 Å². The lowest BCUT2D eigenvalue weighted by molar-refractivity contribution is -0.164. The molecule has 2 aromatic carbocycles. The molecule has 2 aromatic rings. The minimum atomic E-state index is -4.22. The average molecular weight is 371 g/mol. The fraction of sp³-hybridized carbons (Fsp3) is 0.158. The van der Waals surface area contributed by atoms with E-state index in [1.54, 1.807) is 30.3 Å². The van der Waals surface area contributed by atoms with Crippen LogP contribution in [0.5, 0.6) is 0 Å². The number of hydrogen-bond donors (Lipinski definition) is 0. The number of hydrogen-bond acceptors (Lipinski definition) is 5. The third kappa shape index (κ3) is 4.44. The normalized spacial score (nSPS) is 18.0. The summed E-state index contributed by atoms with van der Waals surface area (Å²) in [6.45, 7) is 0. The number of carbonyl (C=O) groups is 2. The Labute approximate surface area is 151 Å². The lowest BCUT2D eigenvalue weighted by Gasteiger charge is -2.12. The summed E-state index contributed by atoms with van der Waals surface area (Å²) < 4.78 is 28.9. The molecule has 0 spiro atoms. The molecule has 0 aliphatic carbocycles. The van der Waals surface area contributed by atoms with Crippen molar-refractivity contribution in [3.63, 3.8) is 0 Å². The Hall–Kier alpha value is -2.77. The van der Waals surface area contributed by atoms with Gasteiger partial charge in [0.25, 0.3) is 11.8 Å². The highest BCUT2D eigenvalue weighted by Crippen LogP contribution is 2.25. The molecule has 0 radical (unpaired) electrons. The Morgan fingerprint density at radius 2 is 1.62 bits per heavy atom. The molecule has 2 amide bonds. The zero-order chi connectivity index (χ0) is 18.6. The summed E-state index contributed by atoms with van der Waals surface area (Å²) in [6, 6.07) is 18.0. The fourth-order valence-electron chi connectivity index (χ4n) is 2.66. The first-order valence-corrected chi connectivity index (χ1v) is 9.50. The number of rotatable bonds is 6. The molecule has 1 heterocycles. The third-order valence-corrected chi connectivity index (χ3v) is 4.75. The first-order valence-electron chi connectivity index (χ1n) is 8.03. The predicted molar refractivity (Wildman–Crippen MR) is 95.6 cm³/mol. The molecule has 134 valence electrons. The second kappa shape index (κ2) is 7.63. The van der Waals surface area contributed by atoms with E-state index in [4.69, 9.17) is 4.28 Å². The van der Waals surface area contributed by atoms with Gasteiger partial charge >= 0.3 is 10.1 Å². The van der Waals surface area contributed by atoms with Gasteiger partial charge < -0.3 is 0 Å². The van der Waals surface area contributed by atoms with E-state index in [2.05, 4.69) is 0 Å². The molecule has 1 unspecified atom stereocenters. The molecule has 0 saturated carbocycles. The number of benzene rings is 2. The number of hydroxylamine groups is 2. The van der Waals surface area contributed by atoms with Crippen molar-refractivity contribution in [2.24, 2.45) is 5.92 Å². The van der Waals surface area contributed by atoms with E-state index in [1.807, 2.05) is 30.3 Å². The van der Waals surface area contributed by atoms with E-state index in [9.17, 15) is 18.0 Å². The predicted octanol–water partition coefficient (Wildman–Crippen LogP) is 2.54. The maximum Gasteiger partial charge on any atom is 0.311 e. The topological polar surface area (TPSA) is 80.8 Å². The molecule has 3 rings (SSSR count). The Kier molecular flexibility index (Phi) is 5.29. The monoisotopic (exact) mass is 371 g/mol. The highest BCUT2D eigenvalue weighted by molar-refractivity contribution is 7.89. The summed E-state index contributed by atoms with van der Waals surface area (Å²) in [5, 5.41) is 1.19. The van der Waals surface area contributed by atoms with Gasteiger partial charge in [-0.05, 0) is 23.6 Å². The number of imide groups is 1. The van der Waals surface area contributed by atoms with Crippen LogP contribution < -0.4 is 0 Å². The van der Waals surface area contributed by atoms with Crippen molar-refractivity contribution >= 4 is 28.0 Å². The van der Waals surface area contributed by atoms with E-state index < -0.39 is 27.9 Å². The van der Waals surface area contributed by atoms with Crippen LogP contribution in [-0.2, 0) is 30.4 Å². The Bertz CT molecular complexity index is 923. The molecule has 1 aliphatic heterocycles. The molecule has 6 nitrogen and oxygen atoms in total. The zero-order valence-corrected chi connectivity index (χ0v) is 14.6. The van der Waals surface area contributed by atoms with Gasteiger partial charge in [-0.15, -0.1) is 9.35 Å². The second-order valence-electron chi connectivity index (χ2n) is 5.90. The summed E-state index contributed by atoms with van der Waals surface area (Å²) in [7, 11) is -4.22. The minimum Gasteiger partial charge on any atom is -0.272 e. The summed E-state index contributed by atoms with van der Waals surface area (Å²) >= 11 is 0. The summed E-state index contributed by atoms with van der Waals surface area (Å²) in [5.41, 5.74) is 1.55. The molecule has 1 aliphatic rings. The van der Waals surface area contributed by atoms with Crippen LogP contribution in [0, 0.1) is 5.92 Å². The second-order valence-corrected chi connectivity index (χ2v) is 7.30. The van der Waals surface area contributed by atoms with Crippen LogP contribution in [0.2, 0.25) is 0 Å². The van der Waals surface area contributed by atoms with E-state index in [0.29, 0.717) is 17.0 Å². The molecule has 1 fully saturated rings. The van der Waals surface area contributed by atoms with Crippen molar-refractivity contribution in [1.82, 2.24) is 5.06 Å². The Morgan fingerprint density at radius 3 is 2.27 bits per heavy atom. The average Bonchev–Trinajstić information content (AvgIpc) is 2.89. The Morgan fingerprint density at radius 1 is 1.00 bits per heavy atom. The maximum atomic E-state index is 12.4. The smallest absolute Gasteiger partial charge is 0.272 e. The van der Waals surface area contributed by atoms with Crippen LogP contribution in [0.3, 0.4) is 0 Å². The van der Waals surface area contributed by atoms with Crippen LogP contribution in [-0.4, -0.2) is 25.3 Å². The van der Waals surface area contributed by atoms with Gasteiger partial charge in [0.15, 0.2) is 0 Å². The maximum absolute atomic E-state index is 12.4. The van der Waals surface area contributed by atoms with Crippen LogP contribution in [0.15, 0.2) is 66.1 Å². The Balaban J connectivity index is 1.68. The van der Waals surface area contributed by atoms with E-state index in [0.717, 1.165) is 11.0 Å². The summed E-state index contributed by atoms with van der Waals surface area (Å²) in [6.07, 6.45) is 1.61. The molecule has 26 heavy (non-hydrogen) atoms. The van der Waals surface area contributed by atoms with E-state index in [-0.39, 0.29) is 6.42 Å². The SMILES string of the molecule is O=C1CC(Cc2ccccc2)C(=O)N1OS(=O)(=O)/C=C/c1ccccc1. The van der Waals surface area contributed by atoms with Gasteiger partial charge in [0.2, 0.25) is 0 Å². The van der Waals surface area contributed by atoms with Gasteiger partial charge in [0.05, 0.1) is 11.3 Å². The molecular formula is C19H17NO5S. The lowest BCUT2D eigenvalue weighted by Crippen LogP contribution is -2.33. The van der Waals surface area contributed by atoms with Crippen molar-refractivity contribution < 1.29 is 22.3 Å². The van der Waals surface area contributed by atoms with Crippen LogP contribution >= 0.6 is 0 Å². The largest absolute Gasteiger partial charge is 0.311 e. The highest BCUT2D eigenvalue weighted by Gasteiger charge is 2.41. The standard InChI is InChI=1S/C19H17NO5S/c21-18-14-17(13-16-9-5-2-6-10-16)19(22)20(18)25-26(23,24)12-11-15-7-3-1-4-8-15/h1-12,17H,13-14H2/b12-11+. The van der Waals surface area contributed by atoms with Crippen molar-refractivity contribution in [2.75, 3.05) is 0 Å². The van der Waals surface area contributed by atoms with Crippen molar-refractivity contribution in [3.05, 3.63) is 77.2 Å². The quantitative estimate of drug-likeness (QED) is 0.729. The number of amides is 2. The van der Waals surface area contributed by atoms with Crippen molar-refractivity contribution in [3.8, 4) is 0 Å². The minimum absolute atomic E-state index is 0.0777. The van der Waals surface area contributed by atoms with Gasteiger partial charge in [0.1, 0.15) is 0 Å². The van der Waals surface area contributed by atoms with Crippen molar-refractivity contribution in [1.29, 1.82) is 0 Å². The molecule has 1 atom stereocenters. The molecule has 1 saturated heterocycles. The van der Waals surface area contributed by atoms with Gasteiger partial charge in [-0.2, -0.15) is 8.42 Å². The zero-order valence-electron chi connectivity index (χ0n) is 13.8. The first-order chi connectivity index (χ1) is 12.4. The van der Waals surface area contributed by atoms with Gasteiger partial charge in [-0.3, -0.25) is 9.59 Å². The number of nitrogens with zero attached hydrogens (tertiary/aromatic N) is 1. The van der Waals surface area contributed by atoms with E-state index in [1.165, 1.54) is 6.08 Å². The molecule has 7 heteroatoms. The van der Waals surface area contributed by atoms with Crippen LogP contribution in [0.25, 0.3) is 6.08 Å². The lowest BCUT2D eigenvalue weighted by atomic mass is 9.98.